The third-order valence-electron chi connectivity index (χ3n) is 2.71. The van der Waals surface area contributed by atoms with Crippen LogP contribution in [-0.2, 0) is 11.3 Å². The highest BCUT2D eigenvalue weighted by Gasteiger charge is 2.01. The van der Waals surface area contributed by atoms with E-state index < -0.39 is 0 Å². The first-order valence-electron chi connectivity index (χ1n) is 6.42. The second kappa shape index (κ2) is 7.05. The molecule has 20 heavy (non-hydrogen) atoms. The van der Waals surface area contributed by atoms with Crippen LogP contribution >= 0.6 is 15.9 Å². The molecule has 2 aromatic rings. The highest BCUT2D eigenvalue weighted by molar-refractivity contribution is 9.10. The lowest BCUT2D eigenvalue weighted by Crippen LogP contribution is -2.09. The molecule has 1 amide bonds. The average molecular weight is 334 g/mol. The number of pyridine rings is 1. The van der Waals surface area contributed by atoms with Crippen LogP contribution in [0.4, 0.5) is 11.4 Å². The second-order valence-corrected chi connectivity index (χ2v) is 5.10. The van der Waals surface area contributed by atoms with Crippen molar-refractivity contribution in [3.63, 3.8) is 0 Å². The highest BCUT2D eigenvalue weighted by atomic mass is 79.9. The van der Waals surface area contributed by atoms with Crippen LogP contribution in [0, 0.1) is 0 Å². The molecule has 1 aromatic carbocycles. The molecule has 0 atom stereocenters. The van der Waals surface area contributed by atoms with Gasteiger partial charge in [0.2, 0.25) is 5.91 Å². The zero-order chi connectivity index (χ0) is 14.4. The predicted octanol–water partition coefficient (Wildman–Crippen LogP) is 3.80. The first-order valence-corrected chi connectivity index (χ1v) is 7.22. The summed E-state index contributed by atoms with van der Waals surface area (Å²) in [6.07, 6.45) is 0.472. The first-order chi connectivity index (χ1) is 9.67. The zero-order valence-corrected chi connectivity index (χ0v) is 12.8. The maximum atomic E-state index is 11.4. The molecule has 2 N–H and O–H groups in total. The van der Waals surface area contributed by atoms with E-state index in [1.807, 2.05) is 49.4 Å². The van der Waals surface area contributed by atoms with Gasteiger partial charge >= 0.3 is 0 Å². The largest absolute Gasteiger partial charge is 0.379 e. The fourth-order valence-electron chi connectivity index (χ4n) is 1.70. The Morgan fingerprint density at radius 2 is 1.95 bits per heavy atom. The van der Waals surface area contributed by atoms with Gasteiger partial charge in [0.25, 0.3) is 0 Å². The molecule has 0 fully saturated rings. The summed E-state index contributed by atoms with van der Waals surface area (Å²) >= 11 is 3.35. The summed E-state index contributed by atoms with van der Waals surface area (Å²) in [4.78, 5) is 15.7. The topological polar surface area (TPSA) is 54.0 Å². The van der Waals surface area contributed by atoms with Crippen molar-refractivity contribution in [1.29, 1.82) is 0 Å². The smallest absolute Gasteiger partial charge is 0.224 e. The molecule has 4 nitrogen and oxygen atoms in total. The predicted molar refractivity (Wildman–Crippen MR) is 84.6 cm³/mol. The summed E-state index contributed by atoms with van der Waals surface area (Å²) in [7, 11) is 0. The Hall–Kier alpha value is -1.88. The molecule has 0 bridgehead atoms. The van der Waals surface area contributed by atoms with E-state index >= 15 is 0 Å². The fraction of sp³-hybridized carbons (Fsp3) is 0.200. The lowest BCUT2D eigenvalue weighted by atomic mass is 10.2. The molecule has 0 aliphatic carbocycles. The minimum Gasteiger partial charge on any atom is -0.379 e. The lowest BCUT2D eigenvalue weighted by molar-refractivity contribution is -0.115. The summed E-state index contributed by atoms with van der Waals surface area (Å²) in [5.41, 5.74) is 2.69. The number of benzene rings is 1. The third-order valence-corrected chi connectivity index (χ3v) is 3.16. The molecule has 104 valence electrons. The monoisotopic (exact) mass is 333 g/mol. The van der Waals surface area contributed by atoms with Crippen LogP contribution in [-0.4, -0.2) is 10.9 Å². The van der Waals surface area contributed by atoms with Crippen LogP contribution in [0.2, 0.25) is 0 Å². The Morgan fingerprint density at radius 1 is 1.20 bits per heavy atom. The van der Waals surface area contributed by atoms with Crippen molar-refractivity contribution in [1.82, 2.24) is 4.98 Å². The van der Waals surface area contributed by atoms with Crippen molar-refractivity contribution in [3.8, 4) is 0 Å². The number of hydrogen-bond acceptors (Lipinski definition) is 3. The van der Waals surface area contributed by atoms with Crippen LogP contribution in [0.25, 0.3) is 0 Å². The molecule has 2 rings (SSSR count). The van der Waals surface area contributed by atoms with Gasteiger partial charge in [-0.05, 0) is 46.3 Å². The molecule has 0 radical (unpaired) electrons. The number of rotatable bonds is 5. The Labute approximate surface area is 126 Å². The number of nitrogens with zero attached hydrogens (tertiary/aromatic N) is 1. The summed E-state index contributed by atoms with van der Waals surface area (Å²) in [6.45, 7) is 2.46. The molecule has 5 heteroatoms. The Kier molecular flexibility index (Phi) is 5.12. The summed E-state index contributed by atoms with van der Waals surface area (Å²) < 4.78 is 0.820. The van der Waals surface area contributed by atoms with E-state index in [0.717, 1.165) is 21.7 Å². The fourth-order valence-corrected chi connectivity index (χ4v) is 2.08. The van der Waals surface area contributed by atoms with E-state index in [1.54, 1.807) is 0 Å². The lowest BCUT2D eigenvalue weighted by Gasteiger charge is -2.09. The molecular weight excluding hydrogens is 318 g/mol. The van der Waals surface area contributed by atoms with Gasteiger partial charge in [-0.3, -0.25) is 4.79 Å². The van der Waals surface area contributed by atoms with Crippen molar-refractivity contribution < 1.29 is 4.79 Å². The van der Waals surface area contributed by atoms with E-state index in [4.69, 9.17) is 0 Å². The summed E-state index contributed by atoms with van der Waals surface area (Å²) in [6, 6.07) is 13.4. The molecule has 0 saturated heterocycles. The quantitative estimate of drug-likeness (QED) is 0.818. The van der Waals surface area contributed by atoms with Crippen molar-refractivity contribution in [2.75, 3.05) is 10.6 Å². The van der Waals surface area contributed by atoms with Crippen LogP contribution in [0.1, 0.15) is 19.0 Å². The van der Waals surface area contributed by atoms with E-state index in [-0.39, 0.29) is 5.91 Å². The normalized spacial score (nSPS) is 10.1. The van der Waals surface area contributed by atoms with Crippen LogP contribution in [0.3, 0.4) is 0 Å². The zero-order valence-electron chi connectivity index (χ0n) is 11.2. The summed E-state index contributed by atoms with van der Waals surface area (Å²) in [5, 5.41) is 6.12. The molecular formula is C15H16BrN3O. The van der Waals surface area contributed by atoms with Crippen LogP contribution in [0.5, 0.6) is 0 Å². The standard InChI is InChI=1S/C15H16BrN3O/c1-2-15(20)19-12-6-3-5-11(9-12)17-10-13-7-4-8-14(16)18-13/h3-9,17H,2,10H2,1H3,(H,19,20). The second-order valence-electron chi connectivity index (χ2n) is 4.29. The highest BCUT2D eigenvalue weighted by Crippen LogP contribution is 2.16. The molecule has 0 aliphatic heterocycles. The maximum absolute atomic E-state index is 11.4. The molecule has 0 saturated carbocycles. The maximum Gasteiger partial charge on any atom is 0.224 e. The Morgan fingerprint density at radius 3 is 2.70 bits per heavy atom. The number of carbonyl (C=O) groups is 1. The SMILES string of the molecule is CCC(=O)Nc1cccc(NCc2cccc(Br)n2)c1. The molecule has 1 aromatic heterocycles. The number of aromatic nitrogens is 1. The molecule has 0 unspecified atom stereocenters. The van der Waals surface area contributed by atoms with E-state index in [0.29, 0.717) is 13.0 Å². The van der Waals surface area contributed by atoms with Crippen LogP contribution < -0.4 is 10.6 Å². The number of halogens is 1. The third kappa shape index (κ3) is 4.35. The Bertz CT molecular complexity index is 601. The van der Waals surface area contributed by atoms with Gasteiger partial charge in [0.1, 0.15) is 4.60 Å². The number of nitrogens with one attached hydrogen (secondary N) is 2. The van der Waals surface area contributed by atoms with Crippen LogP contribution in [0.15, 0.2) is 47.1 Å². The number of carbonyl (C=O) groups excluding carboxylic acids is 1. The molecule has 0 spiro atoms. The number of amides is 1. The minimum absolute atomic E-state index is 0.0100. The molecule has 1 heterocycles. The van der Waals surface area contributed by atoms with Gasteiger partial charge in [0, 0.05) is 17.8 Å². The van der Waals surface area contributed by atoms with Gasteiger partial charge in [-0.15, -0.1) is 0 Å². The van der Waals surface area contributed by atoms with Gasteiger partial charge in [-0.1, -0.05) is 19.1 Å². The number of anilines is 2. The van der Waals surface area contributed by atoms with Crippen molar-refractivity contribution in [2.45, 2.75) is 19.9 Å². The van der Waals surface area contributed by atoms with E-state index in [2.05, 4.69) is 31.5 Å². The molecule has 0 aliphatic rings. The average Bonchev–Trinajstić information content (AvgIpc) is 2.45. The van der Waals surface area contributed by atoms with Gasteiger partial charge < -0.3 is 10.6 Å². The van der Waals surface area contributed by atoms with Gasteiger partial charge in [-0.25, -0.2) is 4.98 Å². The van der Waals surface area contributed by atoms with E-state index in [1.165, 1.54) is 0 Å². The van der Waals surface area contributed by atoms with Gasteiger partial charge in [0.15, 0.2) is 0 Å². The van der Waals surface area contributed by atoms with E-state index in [9.17, 15) is 4.79 Å². The van der Waals surface area contributed by atoms with Crippen molar-refractivity contribution in [2.24, 2.45) is 0 Å². The van der Waals surface area contributed by atoms with Crippen molar-refractivity contribution in [3.05, 3.63) is 52.8 Å². The minimum atomic E-state index is 0.0100. The van der Waals surface area contributed by atoms with Crippen molar-refractivity contribution >= 4 is 33.2 Å². The Balaban J connectivity index is 1.99. The summed E-state index contributed by atoms with van der Waals surface area (Å²) in [5.74, 6) is 0.0100. The van der Waals surface area contributed by atoms with Gasteiger partial charge in [0.05, 0.1) is 12.2 Å². The number of hydrogen-bond donors (Lipinski definition) is 2. The van der Waals surface area contributed by atoms with Gasteiger partial charge in [-0.2, -0.15) is 0 Å². The first kappa shape index (κ1) is 14.5.